The van der Waals surface area contributed by atoms with E-state index in [-0.39, 0.29) is 36.0 Å². The average molecular weight is 522 g/mol. The van der Waals surface area contributed by atoms with Gasteiger partial charge in [0.05, 0.1) is 23.9 Å². The van der Waals surface area contributed by atoms with Crippen LogP contribution in [0.25, 0.3) is 11.1 Å². The summed E-state index contributed by atoms with van der Waals surface area (Å²) >= 11 is 12.2. The number of ether oxygens (including phenoxy) is 2. The first-order valence-electron chi connectivity index (χ1n) is 11.2. The second kappa shape index (κ2) is 11.2. The average Bonchev–Trinajstić information content (AvgIpc) is 3.35. The molecule has 0 bridgehead atoms. The molecule has 35 heavy (non-hydrogen) atoms. The summed E-state index contributed by atoms with van der Waals surface area (Å²) < 4.78 is 26.4. The van der Waals surface area contributed by atoms with Crippen LogP contribution in [0.5, 0.6) is 5.75 Å². The van der Waals surface area contributed by atoms with Gasteiger partial charge in [0.2, 0.25) is 5.91 Å². The maximum Gasteiger partial charge on any atom is 0.248 e. The van der Waals surface area contributed by atoms with Gasteiger partial charge in [-0.25, -0.2) is 9.37 Å². The molecule has 1 fully saturated rings. The monoisotopic (exact) mass is 521 g/mol. The van der Waals surface area contributed by atoms with Crippen molar-refractivity contribution < 1.29 is 18.7 Å². The summed E-state index contributed by atoms with van der Waals surface area (Å²) in [5, 5.41) is 4.89. The van der Waals surface area contributed by atoms with E-state index in [4.69, 9.17) is 38.4 Å². The van der Waals surface area contributed by atoms with Gasteiger partial charge in [0.25, 0.3) is 0 Å². The molecule has 0 unspecified atom stereocenters. The summed E-state index contributed by atoms with van der Waals surface area (Å²) in [7, 11) is 1.52. The van der Waals surface area contributed by atoms with Gasteiger partial charge in [-0.15, -0.1) is 0 Å². The number of nitrogens with zero attached hydrogens (tertiary/aromatic N) is 4. The van der Waals surface area contributed by atoms with Crippen LogP contribution < -0.4 is 10.5 Å². The number of amides is 1. The van der Waals surface area contributed by atoms with Crippen molar-refractivity contribution in [3.63, 3.8) is 0 Å². The van der Waals surface area contributed by atoms with E-state index in [1.54, 1.807) is 18.5 Å². The molecule has 0 radical (unpaired) electrons. The molecule has 1 amide bonds. The standard InChI is InChI=1S/C24H26Cl2FN5O3/c1-34-14-22(33)31-7-4-17(5-8-31)32-13-16(12-30-32)15-10-21(24(28)29-11-15)35-9-6-18-19(25)2-3-20(27)23(18)26/h2-3,10-13,17H,4-9,14H2,1H3,(H2,28,29). The van der Waals surface area contributed by atoms with Crippen molar-refractivity contribution in [1.82, 2.24) is 19.7 Å². The van der Waals surface area contributed by atoms with Gasteiger partial charge in [-0.1, -0.05) is 23.2 Å². The Labute approximate surface area is 212 Å². The van der Waals surface area contributed by atoms with Gasteiger partial charge in [-0.05, 0) is 36.6 Å². The molecule has 3 heterocycles. The van der Waals surface area contributed by atoms with E-state index in [0.29, 0.717) is 35.8 Å². The van der Waals surface area contributed by atoms with Crippen molar-refractivity contribution in [3.05, 3.63) is 58.2 Å². The first-order chi connectivity index (χ1) is 16.9. The Bertz CT molecular complexity index is 1200. The lowest BCUT2D eigenvalue weighted by Gasteiger charge is -2.32. The number of nitrogen functional groups attached to an aromatic ring is 1. The predicted molar refractivity (Wildman–Crippen MR) is 132 cm³/mol. The topological polar surface area (TPSA) is 95.5 Å². The summed E-state index contributed by atoms with van der Waals surface area (Å²) in [5.74, 6) is 0.127. The Morgan fingerprint density at radius 3 is 2.74 bits per heavy atom. The number of aromatic nitrogens is 3. The number of nitrogens with two attached hydrogens (primary N) is 1. The summed E-state index contributed by atoms with van der Waals surface area (Å²) in [6.45, 7) is 1.64. The highest BCUT2D eigenvalue weighted by Gasteiger charge is 2.24. The molecule has 4 rings (SSSR count). The molecule has 0 spiro atoms. The van der Waals surface area contributed by atoms with Crippen molar-refractivity contribution in [2.24, 2.45) is 0 Å². The van der Waals surface area contributed by atoms with Crippen LogP contribution in [0.3, 0.4) is 0 Å². The quantitative estimate of drug-likeness (QED) is 0.441. The van der Waals surface area contributed by atoms with E-state index < -0.39 is 5.82 Å². The number of likely N-dealkylation sites (tertiary alicyclic amines) is 1. The third kappa shape index (κ3) is 5.86. The Kier molecular flexibility index (Phi) is 8.10. The maximum atomic E-state index is 13.7. The van der Waals surface area contributed by atoms with Crippen LogP contribution in [0.4, 0.5) is 10.2 Å². The van der Waals surface area contributed by atoms with E-state index >= 15 is 0 Å². The van der Waals surface area contributed by atoms with E-state index in [1.807, 2.05) is 15.8 Å². The van der Waals surface area contributed by atoms with Gasteiger partial charge < -0.3 is 20.1 Å². The van der Waals surface area contributed by atoms with Crippen molar-refractivity contribution >= 4 is 34.9 Å². The molecule has 8 nitrogen and oxygen atoms in total. The fourth-order valence-corrected chi connectivity index (χ4v) is 4.63. The van der Waals surface area contributed by atoms with Crippen molar-refractivity contribution in [2.45, 2.75) is 25.3 Å². The van der Waals surface area contributed by atoms with Crippen LogP contribution in [0.15, 0.2) is 36.8 Å². The van der Waals surface area contributed by atoms with Gasteiger partial charge >= 0.3 is 0 Å². The van der Waals surface area contributed by atoms with E-state index in [1.165, 1.54) is 19.2 Å². The number of hydrogen-bond donors (Lipinski definition) is 1. The fourth-order valence-electron chi connectivity index (χ4n) is 4.07. The SMILES string of the molecule is COCC(=O)N1CCC(n2cc(-c3cnc(N)c(OCCc4c(Cl)ccc(F)c4Cl)c3)cn2)CC1. The number of halogens is 3. The van der Waals surface area contributed by atoms with Crippen LogP contribution in [0.2, 0.25) is 10.0 Å². The number of piperidine rings is 1. The van der Waals surface area contributed by atoms with E-state index in [9.17, 15) is 9.18 Å². The van der Waals surface area contributed by atoms with Gasteiger partial charge in [-0.3, -0.25) is 9.48 Å². The van der Waals surface area contributed by atoms with Gasteiger partial charge in [0.1, 0.15) is 12.4 Å². The highest BCUT2D eigenvalue weighted by molar-refractivity contribution is 6.36. The fraction of sp³-hybridized carbons (Fsp3) is 0.375. The second-order valence-electron chi connectivity index (χ2n) is 8.28. The molecule has 1 aliphatic heterocycles. The van der Waals surface area contributed by atoms with E-state index in [0.717, 1.165) is 24.0 Å². The van der Waals surface area contributed by atoms with Gasteiger partial charge in [0.15, 0.2) is 11.6 Å². The van der Waals surface area contributed by atoms with Crippen molar-refractivity contribution in [3.8, 4) is 16.9 Å². The number of methoxy groups -OCH3 is 1. The smallest absolute Gasteiger partial charge is 0.248 e. The molecule has 0 aliphatic carbocycles. The Morgan fingerprint density at radius 1 is 1.23 bits per heavy atom. The molecule has 1 aliphatic rings. The molecule has 3 aromatic rings. The number of benzene rings is 1. The predicted octanol–water partition coefficient (Wildman–Crippen LogP) is 4.40. The molecule has 186 valence electrons. The number of carbonyl (C=O) groups excluding carboxylic acids is 1. The number of rotatable bonds is 8. The lowest BCUT2D eigenvalue weighted by Crippen LogP contribution is -2.40. The van der Waals surface area contributed by atoms with Crippen LogP contribution >= 0.6 is 23.2 Å². The molecular formula is C24H26Cl2FN5O3. The van der Waals surface area contributed by atoms with Gasteiger partial charge in [0, 0.05) is 55.2 Å². The molecular weight excluding hydrogens is 496 g/mol. The number of carbonyl (C=O) groups is 1. The lowest BCUT2D eigenvalue weighted by atomic mass is 10.1. The van der Waals surface area contributed by atoms with Crippen molar-refractivity contribution in [2.75, 3.05) is 39.1 Å². The lowest BCUT2D eigenvalue weighted by molar-refractivity contribution is -0.136. The van der Waals surface area contributed by atoms with Crippen molar-refractivity contribution in [1.29, 1.82) is 0 Å². The first kappa shape index (κ1) is 25.2. The summed E-state index contributed by atoms with van der Waals surface area (Å²) in [5.41, 5.74) is 8.15. The van der Waals surface area contributed by atoms with Crippen LogP contribution in [0, 0.1) is 5.82 Å². The number of anilines is 1. The Balaban J connectivity index is 1.40. The van der Waals surface area contributed by atoms with E-state index in [2.05, 4.69) is 10.1 Å². The number of pyridine rings is 1. The zero-order valence-corrected chi connectivity index (χ0v) is 20.7. The van der Waals surface area contributed by atoms with Gasteiger partial charge in [-0.2, -0.15) is 5.10 Å². The minimum Gasteiger partial charge on any atom is -0.489 e. The minimum absolute atomic E-state index is 0.00882. The molecule has 2 aromatic heterocycles. The highest BCUT2D eigenvalue weighted by atomic mass is 35.5. The summed E-state index contributed by atoms with van der Waals surface area (Å²) in [6.07, 6.45) is 7.33. The third-order valence-electron chi connectivity index (χ3n) is 6.02. The molecule has 2 N–H and O–H groups in total. The first-order valence-corrected chi connectivity index (χ1v) is 11.9. The largest absolute Gasteiger partial charge is 0.489 e. The van der Waals surface area contributed by atoms with Crippen LogP contribution in [-0.4, -0.2) is 59.0 Å². The summed E-state index contributed by atoms with van der Waals surface area (Å²) in [6, 6.07) is 4.69. The third-order valence-corrected chi connectivity index (χ3v) is 6.79. The maximum absolute atomic E-state index is 13.7. The zero-order valence-electron chi connectivity index (χ0n) is 19.2. The second-order valence-corrected chi connectivity index (χ2v) is 9.07. The Hall–Kier alpha value is -2.88. The van der Waals surface area contributed by atoms with Crippen LogP contribution in [0.1, 0.15) is 24.4 Å². The molecule has 1 saturated heterocycles. The normalized spacial score (nSPS) is 14.3. The zero-order chi connectivity index (χ0) is 24.9. The number of hydrogen-bond acceptors (Lipinski definition) is 6. The molecule has 0 atom stereocenters. The molecule has 0 saturated carbocycles. The molecule has 11 heteroatoms. The Morgan fingerprint density at radius 2 is 2.00 bits per heavy atom. The summed E-state index contributed by atoms with van der Waals surface area (Å²) in [4.78, 5) is 18.1. The highest BCUT2D eigenvalue weighted by Crippen LogP contribution is 2.31. The molecule has 1 aromatic carbocycles. The minimum atomic E-state index is -0.529. The van der Waals surface area contributed by atoms with Crippen LogP contribution in [-0.2, 0) is 16.0 Å².